The van der Waals surface area contributed by atoms with Crippen molar-refractivity contribution in [3.05, 3.63) is 173 Å². The van der Waals surface area contributed by atoms with E-state index in [1.807, 2.05) is 48.2 Å². The van der Waals surface area contributed by atoms with Crippen molar-refractivity contribution in [1.82, 2.24) is 29.7 Å². The lowest BCUT2D eigenvalue weighted by molar-refractivity contribution is -0.274. The SMILES string of the molecule is CCc1nc2ccc(Cl)cn2c1C(=O)NCc1ccc(N2CCC(c3ccc(OC(F)(F)F)cc3)CC2)cc1.Fc1ccc2c(Nc3ccc(N4CCN(c5ccc(C(F)(F)F)cn5)CC4)cc3)ncnc2c1. The van der Waals surface area contributed by atoms with E-state index in [1.54, 1.807) is 40.9 Å². The van der Waals surface area contributed by atoms with Gasteiger partial charge in [-0.1, -0.05) is 42.8 Å². The summed E-state index contributed by atoms with van der Waals surface area (Å²) >= 11 is 6.14. The molecule has 20 heteroatoms. The summed E-state index contributed by atoms with van der Waals surface area (Å²) in [6.45, 7) is 6.78. The van der Waals surface area contributed by atoms with Crippen LogP contribution in [0, 0.1) is 5.82 Å². The molecule has 0 aliphatic carbocycles. The molecule has 0 spiro atoms. The number of pyridine rings is 2. The minimum absolute atomic E-state index is 0.200. The normalized spacial score (nSPS) is 14.5. The monoisotopic (exact) mass is 1020 g/mol. The number of hydrogen-bond donors (Lipinski definition) is 2. The first-order valence-corrected chi connectivity index (χ1v) is 23.9. The van der Waals surface area contributed by atoms with Crippen LogP contribution in [0.1, 0.15) is 58.6 Å². The summed E-state index contributed by atoms with van der Waals surface area (Å²) in [5.74, 6) is 0.674. The highest BCUT2D eigenvalue weighted by Crippen LogP contribution is 2.34. The van der Waals surface area contributed by atoms with Crippen molar-refractivity contribution in [2.75, 3.05) is 59.3 Å². The molecule has 4 aromatic carbocycles. The van der Waals surface area contributed by atoms with Crippen LogP contribution in [0.5, 0.6) is 5.75 Å². The Hall–Kier alpha value is -7.67. The standard InChI is InChI=1S/C29H28ClF3N4O2.C24H20F4N6/c1-2-25-27(37-18-22(30)7-12-26(37)35-25)28(38)34-17-19-3-8-23(9-4-19)36-15-13-21(14-16-36)20-5-10-24(11-6-20)39-29(31,32)33;25-17-2-7-20-21(13-17)30-15-31-23(20)32-18-3-5-19(6-4-18)33-9-11-34(12-10-33)22-8-1-16(14-29-22)24(26,27)28/h3-12,18,21H,2,13-17H2,1H3,(H,34,38);1-8,13-15H,9-12H2,(H,30,31,32). The zero-order chi connectivity index (χ0) is 51.3. The third-order valence-corrected chi connectivity index (χ3v) is 13.0. The number of aromatic nitrogens is 5. The van der Waals surface area contributed by atoms with Crippen LogP contribution in [0.25, 0.3) is 16.6 Å². The summed E-state index contributed by atoms with van der Waals surface area (Å²) in [7, 11) is 0. The number of hydrogen-bond acceptors (Lipinski definition) is 10. The molecule has 2 aliphatic heterocycles. The van der Waals surface area contributed by atoms with Crippen LogP contribution >= 0.6 is 11.6 Å². The summed E-state index contributed by atoms with van der Waals surface area (Å²) in [5, 5.41) is 7.51. The number of nitrogens with one attached hydrogen (secondary N) is 2. The maximum Gasteiger partial charge on any atom is 0.573 e. The average molecular weight is 1030 g/mol. The Morgan fingerprint density at radius 2 is 1.42 bits per heavy atom. The molecule has 10 rings (SSSR count). The molecule has 0 bridgehead atoms. The smallest absolute Gasteiger partial charge is 0.406 e. The van der Waals surface area contributed by atoms with E-state index in [9.17, 15) is 35.5 Å². The topological polar surface area (TPSA) is 116 Å². The molecule has 0 unspecified atom stereocenters. The molecule has 1 amide bonds. The van der Waals surface area contributed by atoms with Crippen molar-refractivity contribution in [3.8, 4) is 5.75 Å². The number of carbonyl (C=O) groups is 1. The van der Waals surface area contributed by atoms with Gasteiger partial charge in [0.2, 0.25) is 0 Å². The first-order chi connectivity index (χ1) is 35.1. The molecule has 2 fully saturated rings. The van der Waals surface area contributed by atoms with E-state index in [-0.39, 0.29) is 23.4 Å². The van der Waals surface area contributed by atoms with E-state index in [1.165, 1.54) is 36.7 Å². The van der Waals surface area contributed by atoms with E-state index >= 15 is 0 Å². The highest BCUT2D eigenvalue weighted by Gasteiger charge is 2.32. The van der Waals surface area contributed by atoms with Crippen LogP contribution in [0.4, 0.5) is 59.4 Å². The number of anilines is 5. The lowest BCUT2D eigenvalue weighted by Gasteiger charge is -2.36. The number of benzene rings is 4. The van der Waals surface area contributed by atoms with Gasteiger partial charge in [0, 0.05) is 86.7 Å². The van der Waals surface area contributed by atoms with Crippen LogP contribution < -0.4 is 30.1 Å². The van der Waals surface area contributed by atoms with Crippen molar-refractivity contribution < 1.29 is 40.3 Å². The van der Waals surface area contributed by atoms with Crippen LogP contribution in [0.2, 0.25) is 5.02 Å². The molecule has 0 atom stereocenters. The second kappa shape index (κ2) is 21.6. The molecule has 0 saturated carbocycles. The van der Waals surface area contributed by atoms with Gasteiger partial charge in [0.15, 0.2) is 0 Å². The fourth-order valence-corrected chi connectivity index (χ4v) is 9.18. The van der Waals surface area contributed by atoms with E-state index in [4.69, 9.17) is 11.6 Å². The molecular formula is C53H48ClF7N10O2. The van der Waals surface area contributed by atoms with Gasteiger partial charge in [-0.05, 0) is 121 Å². The second-order valence-electron chi connectivity index (χ2n) is 17.5. The summed E-state index contributed by atoms with van der Waals surface area (Å²) < 4.78 is 94.6. The molecule has 378 valence electrons. The second-order valence-corrected chi connectivity index (χ2v) is 17.9. The Kier molecular flexibility index (Phi) is 14.9. The highest BCUT2D eigenvalue weighted by molar-refractivity contribution is 6.30. The molecule has 12 nitrogen and oxygen atoms in total. The molecule has 2 aliphatic rings. The summed E-state index contributed by atoms with van der Waals surface area (Å²) in [4.78, 5) is 36.5. The third-order valence-electron chi connectivity index (χ3n) is 12.8. The Morgan fingerprint density at radius 1 is 0.753 bits per heavy atom. The van der Waals surface area contributed by atoms with Gasteiger partial charge in [-0.25, -0.2) is 24.3 Å². The van der Waals surface area contributed by atoms with Gasteiger partial charge in [-0.2, -0.15) is 13.2 Å². The number of ether oxygens (including phenoxy) is 1. The number of rotatable bonds is 11. The molecular weight excluding hydrogens is 977 g/mol. The average Bonchev–Trinajstić information content (AvgIpc) is 3.76. The van der Waals surface area contributed by atoms with Crippen molar-refractivity contribution >= 4 is 62.8 Å². The maximum atomic E-state index is 13.5. The van der Waals surface area contributed by atoms with Crippen LogP contribution in [-0.4, -0.2) is 75.9 Å². The Balaban J connectivity index is 0.000000181. The number of aryl methyl sites for hydroxylation is 1. The van der Waals surface area contributed by atoms with Gasteiger partial charge in [0.25, 0.3) is 5.91 Å². The van der Waals surface area contributed by atoms with Gasteiger partial charge in [-0.3, -0.25) is 9.20 Å². The van der Waals surface area contributed by atoms with Crippen molar-refractivity contribution in [2.24, 2.45) is 0 Å². The third kappa shape index (κ3) is 12.3. The number of carbonyl (C=O) groups excluding carboxylic acids is 1. The predicted molar refractivity (Wildman–Crippen MR) is 267 cm³/mol. The van der Waals surface area contributed by atoms with Crippen molar-refractivity contribution in [2.45, 2.75) is 51.2 Å². The lowest BCUT2D eigenvalue weighted by Crippen LogP contribution is -2.46. The van der Waals surface area contributed by atoms with Gasteiger partial charge in [0.05, 0.1) is 21.8 Å². The number of fused-ring (bicyclic) bond motifs is 2. The fourth-order valence-electron chi connectivity index (χ4n) is 9.01. The van der Waals surface area contributed by atoms with Gasteiger partial charge in [-0.15, -0.1) is 13.2 Å². The molecule has 73 heavy (non-hydrogen) atoms. The Bertz CT molecular complexity index is 3160. The zero-order valence-electron chi connectivity index (χ0n) is 39.3. The first kappa shape index (κ1) is 50.3. The van der Waals surface area contributed by atoms with E-state index in [0.717, 1.165) is 90.6 Å². The summed E-state index contributed by atoms with van der Waals surface area (Å²) in [6.07, 6.45) is -2.66. The molecule has 2 N–H and O–H groups in total. The fraction of sp³-hybridized carbons (Fsp3) is 0.264. The van der Waals surface area contributed by atoms with Crippen LogP contribution in [-0.2, 0) is 19.1 Å². The van der Waals surface area contributed by atoms with Gasteiger partial charge in [0.1, 0.15) is 40.9 Å². The van der Waals surface area contributed by atoms with Crippen molar-refractivity contribution in [3.63, 3.8) is 0 Å². The molecule has 4 aromatic heterocycles. The number of alkyl halides is 6. The number of nitrogens with zero attached hydrogens (tertiary/aromatic N) is 8. The highest BCUT2D eigenvalue weighted by atomic mass is 35.5. The van der Waals surface area contributed by atoms with Gasteiger partial charge >= 0.3 is 12.5 Å². The first-order valence-electron chi connectivity index (χ1n) is 23.5. The maximum absolute atomic E-state index is 13.5. The predicted octanol–water partition coefficient (Wildman–Crippen LogP) is 12.0. The van der Waals surface area contributed by atoms with Crippen LogP contribution in [0.15, 0.2) is 134 Å². The number of piperidine rings is 1. The number of halogens is 8. The molecule has 6 heterocycles. The van der Waals surface area contributed by atoms with E-state index < -0.39 is 18.1 Å². The quantitative estimate of drug-likeness (QED) is 0.121. The summed E-state index contributed by atoms with van der Waals surface area (Å²) in [5.41, 5.74) is 6.66. The number of amides is 1. The molecule has 2 saturated heterocycles. The number of piperazine rings is 1. The summed E-state index contributed by atoms with van der Waals surface area (Å²) in [6, 6.07) is 32.6. The van der Waals surface area contributed by atoms with Crippen LogP contribution in [0.3, 0.4) is 0 Å². The van der Waals surface area contributed by atoms with E-state index in [2.05, 4.69) is 57.2 Å². The Morgan fingerprint density at radius 3 is 2.07 bits per heavy atom. The minimum atomic E-state index is -4.68. The zero-order valence-corrected chi connectivity index (χ0v) is 40.0. The lowest BCUT2D eigenvalue weighted by atomic mass is 9.89. The molecule has 0 radical (unpaired) electrons. The van der Waals surface area contributed by atoms with Crippen molar-refractivity contribution in [1.29, 1.82) is 0 Å². The number of imidazole rings is 1. The van der Waals surface area contributed by atoms with Gasteiger partial charge < -0.3 is 30.1 Å². The van der Waals surface area contributed by atoms with E-state index in [0.29, 0.717) is 59.6 Å². The molecule has 8 aromatic rings. The largest absolute Gasteiger partial charge is 0.573 e. The Labute approximate surface area is 420 Å². The minimum Gasteiger partial charge on any atom is -0.406 e.